The lowest BCUT2D eigenvalue weighted by Crippen LogP contribution is -2.18. The van der Waals surface area contributed by atoms with Gasteiger partial charge in [0.25, 0.3) is 0 Å². The van der Waals surface area contributed by atoms with E-state index in [1.165, 1.54) is 37.1 Å². The fraction of sp³-hybridized carbons (Fsp3) is 0.320. The predicted molar refractivity (Wildman–Crippen MR) is 131 cm³/mol. The third kappa shape index (κ3) is 5.10. The van der Waals surface area contributed by atoms with Gasteiger partial charge in [0.15, 0.2) is 5.65 Å². The van der Waals surface area contributed by atoms with Crippen LogP contribution in [-0.4, -0.2) is 44.8 Å². The van der Waals surface area contributed by atoms with Crippen molar-refractivity contribution in [2.24, 2.45) is 0 Å². The van der Waals surface area contributed by atoms with Crippen molar-refractivity contribution in [1.82, 2.24) is 24.6 Å². The summed E-state index contributed by atoms with van der Waals surface area (Å²) >= 11 is 6.27. The molecule has 4 aromatic rings. The standard InChI is InChI=1S/C25H27ClN6O/c1-33-21-9-7-18(8-10-21)14-27-23-22-15-28-32(24(22)30-25(26)29-23)17-20-6-4-5-19(13-20)16-31-11-2-3-12-31/h4-10,13,15H,2-3,11-12,14,16-17H2,1H3,(H,27,29,30). The van der Waals surface area contributed by atoms with Crippen LogP contribution in [0.3, 0.4) is 0 Å². The average Bonchev–Trinajstić information content (AvgIpc) is 3.48. The lowest BCUT2D eigenvalue weighted by Gasteiger charge is -2.15. The fourth-order valence-corrected chi connectivity index (χ4v) is 4.47. The van der Waals surface area contributed by atoms with Gasteiger partial charge in [-0.15, -0.1) is 0 Å². The SMILES string of the molecule is COc1ccc(CNc2nc(Cl)nc3c2cnn3Cc2cccc(CN3CCCC3)c2)cc1. The van der Waals surface area contributed by atoms with Crippen molar-refractivity contribution in [3.8, 4) is 5.75 Å². The van der Waals surface area contributed by atoms with Crippen molar-refractivity contribution in [2.75, 3.05) is 25.5 Å². The Kier molecular flexibility index (Phi) is 6.41. The molecule has 7 nitrogen and oxygen atoms in total. The smallest absolute Gasteiger partial charge is 0.226 e. The van der Waals surface area contributed by atoms with Gasteiger partial charge in [0.2, 0.25) is 5.28 Å². The Labute approximate surface area is 198 Å². The minimum absolute atomic E-state index is 0.198. The molecule has 0 radical (unpaired) electrons. The molecule has 0 amide bonds. The first-order chi connectivity index (χ1) is 16.2. The maximum absolute atomic E-state index is 6.27. The van der Waals surface area contributed by atoms with Crippen LogP contribution in [0, 0.1) is 0 Å². The van der Waals surface area contributed by atoms with Crippen molar-refractivity contribution < 1.29 is 4.74 Å². The molecule has 0 aliphatic carbocycles. The molecule has 1 fully saturated rings. The zero-order valence-electron chi connectivity index (χ0n) is 18.7. The predicted octanol–water partition coefficient (Wildman–Crippen LogP) is 4.74. The van der Waals surface area contributed by atoms with Crippen molar-refractivity contribution in [3.63, 3.8) is 0 Å². The summed E-state index contributed by atoms with van der Waals surface area (Å²) in [6.45, 7) is 4.62. The van der Waals surface area contributed by atoms with Crippen LogP contribution in [0.25, 0.3) is 11.0 Å². The van der Waals surface area contributed by atoms with Gasteiger partial charge in [-0.3, -0.25) is 4.90 Å². The van der Waals surface area contributed by atoms with Gasteiger partial charge in [0.1, 0.15) is 11.6 Å². The second-order valence-electron chi connectivity index (χ2n) is 8.39. The van der Waals surface area contributed by atoms with Crippen molar-refractivity contribution in [1.29, 1.82) is 0 Å². The summed E-state index contributed by atoms with van der Waals surface area (Å²) in [5, 5.41) is 9.01. The van der Waals surface area contributed by atoms with E-state index in [2.05, 4.69) is 49.5 Å². The number of rotatable bonds is 8. The molecule has 33 heavy (non-hydrogen) atoms. The Balaban J connectivity index is 1.34. The number of benzene rings is 2. The van der Waals surface area contributed by atoms with E-state index in [-0.39, 0.29) is 5.28 Å². The molecule has 3 heterocycles. The normalized spacial score (nSPS) is 14.1. The van der Waals surface area contributed by atoms with E-state index in [0.717, 1.165) is 28.9 Å². The molecule has 1 aliphatic heterocycles. The Hall–Kier alpha value is -3.16. The maximum Gasteiger partial charge on any atom is 0.226 e. The van der Waals surface area contributed by atoms with E-state index >= 15 is 0 Å². The Morgan fingerprint density at radius 2 is 1.73 bits per heavy atom. The molecule has 170 valence electrons. The van der Waals surface area contributed by atoms with Crippen LogP contribution >= 0.6 is 11.6 Å². The Bertz CT molecular complexity index is 1230. The van der Waals surface area contributed by atoms with E-state index in [0.29, 0.717) is 18.9 Å². The Morgan fingerprint density at radius 3 is 2.48 bits per heavy atom. The molecule has 2 aromatic carbocycles. The van der Waals surface area contributed by atoms with Gasteiger partial charge in [-0.1, -0.05) is 36.4 Å². The van der Waals surface area contributed by atoms with Gasteiger partial charge >= 0.3 is 0 Å². The fourth-order valence-electron chi connectivity index (χ4n) is 4.31. The lowest BCUT2D eigenvalue weighted by atomic mass is 10.1. The summed E-state index contributed by atoms with van der Waals surface area (Å²) in [6, 6.07) is 16.6. The van der Waals surface area contributed by atoms with E-state index in [1.807, 2.05) is 28.9 Å². The zero-order valence-corrected chi connectivity index (χ0v) is 19.4. The molecule has 0 bridgehead atoms. The third-order valence-electron chi connectivity index (χ3n) is 6.02. The number of nitrogens with one attached hydrogen (secondary N) is 1. The average molecular weight is 463 g/mol. The van der Waals surface area contributed by atoms with E-state index in [1.54, 1.807) is 13.3 Å². The molecule has 0 unspecified atom stereocenters. The minimum atomic E-state index is 0.198. The zero-order chi connectivity index (χ0) is 22.6. The number of likely N-dealkylation sites (tertiary alicyclic amines) is 1. The lowest BCUT2D eigenvalue weighted by molar-refractivity contribution is 0.331. The molecule has 8 heteroatoms. The first kappa shape index (κ1) is 21.7. The van der Waals surface area contributed by atoms with Crippen LogP contribution in [-0.2, 0) is 19.6 Å². The summed E-state index contributed by atoms with van der Waals surface area (Å²) in [5.41, 5.74) is 4.36. The van der Waals surface area contributed by atoms with Crippen LogP contribution in [0.2, 0.25) is 5.28 Å². The largest absolute Gasteiger partial charge is 0.497 e. The highest BCUT2D eigenvalue weighted by Crippen LogP contribution is 2.24. The quantitative estimate of drug-likeness (QED) is 0.381. The van der Waals surface area contributed by atoms with Crippen LogP contribution in [0.15, 0.2) is 54.7 Å². The first-order valence-corrected chi connectivity index (χ1v) is 11.6. The summed E-state index contributed by atoms with van der Waals surface area (Å²) in [7, 11) is 1.66. The first-order valence-electron chi connectivity index (χ1n) is 11.2. The highest BCUT2D eigenvalue weighted by atomic mass is 35.5. The van der Waals surface area contributed by atoms with E-state index < -0.39 is 0 Å². The molecule has 0 spiro atoms. The second kappa shape index (κ2) is 9.77. The molecule has 1 saturated heterocycles. The number of halogens is 1. The molecule has 0 saturated carbocycles. The molecular formula is C25H27ClN6O. The van der Waals surface area contributed by atoms with E-state index in [9.17, 15) is 0 Å². The molecular weight excluding hydrogens is 436 g/mol. The number of hydrogen-bond acceptors (Lipinski definition) is 6. The molecule has 1 N–H and O–H groups in total. The molecule has 1 aliphatic rings. The maximum atomic E-state index is 6.27. The number of hydrogen-bond donors (Lipinski definition) is 1. The number of fused-ring (bicyclic) bond motifs is 1. The second-order valence-corrected chi connectivity index (χ2v) is 8.72. The highest BCUT2D eigenvalue weighted by Gasteiger charge is 2.14. The Morgan fingerprint density at radius 1 is 0.970 bits per heavy atom. The molecule has 5 rings (SSSR count). The van der Waals surface area contributed by atoms with Crippen LogP contribution in [0.1, 0.15) is 29.5 Å². The van der Waals surface area contributed by atoms with Crippen LogP contribution in [0.5, 0.6) is 5.75 Å². The number of aromatic nitrogens is 4. The number of ether oxygens (including phenoxy) is 1. The number of nitrogens with zero attached hydrogens (tertiary/aromatic N) is 5. The molecule has 0 atom stereocenters. The number of methoxy groups -OCH3 is 1. The van der Waals surface area contributed by atoms with Gasteiger partial charge in [-0.2, -0.15) is 15.1 Å². The van der Waals surface area contributed by atoms with E-state index in [4.69, 9.17) is 16.3 Å². The topological polar surface area (TPSA) is 68.1 Å². The van der Waals surface area contributed by atoms with Gasteiger partial charge in [0, 0.05) is 13.1 Å². The van der Waals surface area contributed by atoms with Gasteiger partial charge in [-0.05, 0) is 66.4 Å². The summed E-state index contributed by atoms with van der Waals surface area (Å²) in [6.07, 6.45) is 4.40. The van der Waals surface area contributed by atoms with Gasteiger partial charge in [-0.25, -0.2) is 4.68 Å². The van der Waals surface area contributed by atoms with Crippen LogP contribution < -0.4 is 10.1 Å². The third-order valence-corrected chi connectivity index (χ3v) is 6.19. The summed E-state index contributed by atoms with van der Waals surface area (Å²) in [5.74, 6) is 1.51. The molecule has 2 aromatic heterocycles. The summed E-state index contributed by atoms with van der Waals surface area (Å²) < 4.78 is 7.11. The van der Waals surface area contributed by atoms with Gasteiger partial charge < -0.3 is 10.1 Å². The van der Waals surface area contributed by atoms with Crippen LogP contribution in [0.4, 0.5) is 5.82 Å². The summed E-state index contributed by atoms with van der Waals surface area (Å²) in [4.78, 5) is 11.4. The number of anilines is 1. The highest BCUT2D eigenvalue weighted by molar-refractivity contribution is 6.28. The minimum Gasteiger partial charge on any atom is -0.497 e. The van der Waals surface area contributed by atoms with Crippen molar-refractivity contribution in [2.45, 2.75) is 32.5 Å². The monoisotopic (exact) mass is 462 g/mol. The van der Waals surface area contributed by atoms with Gasteiger partial charge in [0.05, 0.1) is 25.2 Å². The van der Waals surface area contributed by atoms with Crippen molar-refractivity contribution >= 4 is 28.5 Å². The van der Waals surface area contributed by atoms with Crippen molar-refractivity contribution in [3.05, 3.63) is 76.7 Å².